The van der Waals surface area contributed by atoms with Crippen LogP contribution in [0.1, 0.15) is 17.9 Å². The topological polar surface area (TPSA) is 91.8 Å². The Kier molecular flexibility index (Phi) is 4.63. The fourth-order valence-corrected chi connectivity index (χ4v) is 2.17. The molecule has 0 aliphatic heterocycles. The Bertz CT molecular complexity index is 881. The lowest BCUT2D eigenvalue weighted by atomic mass is 10.2. The number of nitrogens with zero attached hydrogens (tertiary/aromatic N) is 3. The van der Waals surface area contributed by atoms with Crippen LogP contribution >= 0.6 is 0 Å². The number of carbonyl (C=O) groups is 1. The van der Waals surface area contributed by atoms with Crippen LogP contribution in [0.15, 0.2) is 59.0 Å². The van der Waals surface area contributed by atoms with Gasteiger partial charge in [0.25, 0.3) is 0 Å². The van der Waals surface area contributed by atoms with Crippen molar-refractivity contribution < 1.29 is 9.21 Å². The Hall–Kier alpha value is -3.46. The maximum Gasteiger partial charge on any atom is 0.247 e. The fraction of sp³-hybridized carbons (Fsp3) is 0.111. The molecule has 0 saturated carbocycles. The number of anilines is 1. The van der Waals surface area contributed by atoms with Gasteiger partial charge < -0.3 is 9.73 Å². The minimum Gasteiger partial charge on any atom is -0.421 e. The number of nitrogens with one attached hydrogen (secondary N) is 1. The molecule has 0 atom stereocenters. The van der Waals surface area contributed by atoms with E-state index < -0.39 is 0 Å². The van der Waals surface area contributed by atoms with Gasteiger partial charge in [-0.3, -0.25) is 4.79 Å². The number of rotatable bonds is 5. The van der Waals surface area contributed by atoms with Gasteiger partial charge in [0.1, 0.15) is 6.07 Å². The van der Waals surface area contributed by atoms with E-state index in [2.05, 4.69) is 15.5 Å². The maximum absolute atomic E-state index is 12.0. The second-order valence-electron chi connectivity index (χ2n) is 5.07. The summed E-state index contributed by atoms with van der Waals surface area (Å²) < 4.78 is 5.56. The maximum atomic E-state index is 12.0. The van der Waals surface area contributed by atoms with Crippen molar-refractivity contribution in [2.75, 3.05) is 5.32 Å². The molecule has 0 fully saturated rings. The molecule has 1 heterocycles. The Morgan fingerprint density at radius 3 is 2.62 bits per heavy atom. The van der Waals surface area contributed by atoms with E-state index in [1.165, 1.54) is 0 Å². The molecular formula is C18H14N4O2. The van der Waals surface area contributed by atoms with E-state index in [4.69, 9.17) is 9.68 Å². The van der Waals surface area contributed by atoms with Crippen LogP contribution in [0.3, 0.4) is 0 Å². The summed E-state index contributed by atoms with van der Waals surface area (Å²) in [7, 11) is 0. The smallest absolute Gasteiger partial charge is 0.247 e. The summed E-state index contributed by atoms with van der Waals surface area (Å²) in [5.41, 5.74) is 1.76. The van der Waals surface area contributed by atoms with Gasteiger partial charge in [0.05, 0.1) is 11.3 Å². The normalized spacial score (nSPS) is 10.1. The summed E-state index contributed by atoms with van der Waals surface area (Å²) in [5, 5.41) is 19.7. The minimum absolute atomic E-state index is 0.191. The van der Waals surface area contributed by atoms with Crippen molar-refractivity contribution in [3.8, 4) is 17.5 Å². The molecule has 2 aromatic carbocycles. The van der Waals surface area contributed by atoms with Crippen LogP contribution in [0.5, 0.6) is 0 Å². The summed E-state index contributed by atoms with van der Waals surface area (Å²) in [6, 6.07) is 18.3. The van der Waals surface area contributed by atoms with Crippen molar-refractivity contribution in [3.05, 3.63) is 66.1 Å². The molecule has 1 aromatic heterocycles. The summed E-state index contributed by atoms with van der Waals surface area (Å²) in [6.45, 7) is 0. The van der Waals surface area contributed by atoms with Gasteiger partial charge in [0, 0.05) is 18.4 Å². The largest absolute Gasteiger partial charge is 0.421 e. The quantitative estimate of drug-likeness (QED) is 0.780. The first kappa shape index (κ1) is 15.4. The molecule has 0 aliphatic carbocycles. The van der Waals surface area contributed by atoms with E-state index in [-0.39, 0.29) is 12.3 Å². The zero-order chi connectivity index (χ0) is 16.8. The number of carbonyl (C=O) groups excluding carboxylic acids is 1. The van der Waals surface area contributed by atoms with E-state index >= 15 is 0 Å². The van der Waals surface area contributed by atoms with E-state index in [1.807, 2.05) is 36.4 Å². The molecule has 118 valence electrons. The zero-order valence-corrected chi connectivity index (χ0v) is 12.8. The van der Waals surface area contributed by atoms with Gasteiger partial charge in [-0.1, -0.05) is 30.3 Å². The second-order valence-corrected chi connectivity index (χ2v) is 5.07. The van der Waals surface area contributed by atoms with Crippen LogP contribution < -0.4 is 5.32 Å². The van der Waals surface area contributed by atoms with Gasteiger partial charge in [-0.25, -0.2) is 0 Å². The summed E-state index contributed by atoms with van der Waals surface area (Å²) in [6.07, 6.45) is 0.524. The number of amides is 1. The van der Waals surface area contributed by atoms with Crippen molar-refractivity contribution in [3.63, 3.8) is 0 Å². The van der Waals surface area contributed by atoms with Gasteiger partial charge in [-0.05, 0) is 24.3 Å². The third-order valence-electron chi connectivity index (χ3n) is 3.38. The van der Waals surface area contributed by atoms with Crippen molar-refractivity contribution in [2.24, 2.45) is 0 Å². The molecule has 24 heavy (non-hydrogen) atoms. The molecule has 0 bridgehead atoms. The summed E-state index contributed by atoms with van der Waals surface area (Å²) >= 11 is 0. The molecular weight excluding hydrogens is 304 g/mol. The standard InChI is InChI=1S/C18H14N4O2/c19-12-14-8-4-5-9-15(14)20-16(23)10-11-17-21-22-18(24-17)13-6-2-1-3-7-13/h1-9H,10-11H2,(H,20,23). The first-order valence-corrected chi connectivity index (χ1v) is 7.43. The van der Waals surface area contributed by atoms with Crippen LogP contribution in [0.25, 0.3) is 11.5 Å². The molecule has 0 aliphatic rings. The molecule has 0 spiro atoms. The molecule has 3 aromatic rings. The lowest BCUT2D eigenvalue weighted by Gasteiger charge is -2.05. The van der Waals surface area contributed by atoms with E-state index in [1.54, 1.807) is 24.3 Å². The lowest BCUT2D eigenvalue weighted by Crippen LogP contribution is -2.13. The van der Waals surface area contributed by atoms with Crippen molar-refractivity contribution in [2.45, 2.75) is 12.8 Å². The van der Waals surface area contributed by atoms with Gasteiger partial charge in [0.2, 0.25) is 17.7 Å². The van der Waals surface area contributed by atoms with Crippen LogP contribution in [-0.2, 0) is 11.2 Å². The highest BCUT2D eigenvalue weighted by Crippen LogP contribution is 2.18. The lowest BCUT2D eigenvalue weighted by molar-refractivity contribution is -0.116. The van der Waals surface area contributed by atoms with E-state index in [0.717, 1.165) is 5.56 Å². The number of nitriles is 1. The average molecular weight is 318 g/mol. The number of aryl methyl sites for hydroxylation is 1. The van der Waals surface area contributed by atoms with E-state index in [9.17, 15) is 4.79 Å². The fourth-order valence-electron chi connectivity index (χ4n) is 2.17. The SMILES string of the molecule is N#Cc1ccccc1NC(=O)CCc1nnc(-c2ccccc2)o1. The monoisotopic (exact) mass is 318 g/mol. The second kappa shape index (κ2) is 7.20. The third kappa shape index (κ3) is 3.65. The highest BCUT2D eigenvalue weighted by molar-refractivity contribution is 5.92. The molecule has 0 unspecified atom stereocenters. The predicted molar refractivity (Wildman–Crippen MR) is 87.8 cm³/mol. The molecule has 1 N–H and O–H groups in total. The Balaban J connectivity index is 1.59. The molecule has 1 amide bonds. The third-order valence-corrected chi connectivity index (χ3v) is 3.38. The summed E-state index contributed by atoms with van der Waals surface area (Å²) in [4.78, 5) is 12.0. The zero-order valence-electron chi connectivity index (χ0n) is 12.8. The number of benzene rings is 2. The molecule has 6 heteroatoms. The van der Waals surface area contributed by atoms with Gasteiger partial charge in [-0.15, -0.1) is 10.2 Å². The predicted octanol–water partition coefficient (Wildman–Crippen LogP) is 3.18. The number of hydrogen-bond acceptors (Lipinski definition) is 5. The minimum atomic E-state index is -0.211. The Morgan fingerprint density at radius 2 is 1.83 bits per heavy atom. The van der Waals surface area contributed by atoms with Gasteiger partial charge >= 0.3 is 0 Å². The van der Waals surface area contributed by atoms with Crippen molar-refractivity contribution >= 4 is 11.6 Å². The van der Waals surface area contributed by atoms with E-state index in [0.29, 0.717) is 29.5 Å². The van der Waals surface area contributed by atoms with Crippen LogP contribution in [0, 0.1) is 11.3 Å². The van der Waals surface area contributed by atoms with Gasteiger partial charge in [-0.2, -0.15) is 5.26 Å². The number of aromatic nitrogens is 2. The highest BCUT2D eigenvalue weighted by Gasteiger charge is 2.11. The first-order valence-electron chi connectivity index (χ1n) is 7.43. The van der Waals surface area contributed by atoms with Crippen LogP contribution in [0.4, 0.5) is 5.69 Å². The highest BCUT2D eigenvalue weighted by atomic mass is 16.4. The molecule has 6 nitrogen and oxygen atoms in total. The van der Waals surface area contributed by atoms with Crippen molar-refractivity contribution in [1.29, 1.82) is 5.26 Å². The van der Waals surface area contributed by atoms with Crippen LogP contribution in [-0.4, -0.2) is 16.1 Å². The number of para-hydroxylation sites is 1. The molecule has 0 radical (unpaired) electrons. The average Bonchev–Trinajstić information content (AvgIpc) is 3.10. The summed E-state index contributed by atoms with van der Waals surface area (Å²) in [5.74, 6) is 0.621. The molecule has 0 saturated heterocycles. The Morgan fingerprint density at radius 1 is 1.08 bits per heavy atom. The number of hydrogen-bond donors (Lipinski definition) is 1. The molecule has 3 rings (SSSR count). The van der Waals surface area contributed by atoms with Crippen molar-refractivity contribution in [1.82, 2.24) is 10.2 Å². The van der Waals surface area contributed by atoms with Gasteiger partial charge in [0.15, 0.2) is 0 Å². The first-order chi connectivity index (χ1) is 11.8. The Labute approximate surface area is 138 Å². The van der Waals surface area contributed by atoms with Crippen LogP contribution in [0.2, 0.25) is 0 Å².